The molecule has 3 rings (SSSR count). The van der Waals surface area contributed by atoms with E-state index < -0.39 is 5.25 Å². The van der Waals surface area contributed by atoms with Crippen molar-refractivity contribution in [3.8, 4) is 11.4 Å². The molecule has 0 saturated carbocycles. The summed E-state index contributed by atoms with van der Waals surface area (Å²) in [5, 5.41) is 11.4. The third-order valence-corrected chi connectivity index (χ3v) is 5.65. The van der Waals surface area contributed by atoms with Gasteiger partial charge < -0.3 is 5.32 Å². The Bertz CT molecular complexity index is 1050. The molecule has 1 unspecified atom stereocenters. The van der Waals surface area contributed by atoms with Gasteiger partial charge in [0.25, 0.3) is 0 Å². The molecule has 0 fully saturated rings. The van der Waals surface area contributed by atoms with E-state index in [1.807, 2.05) is 32.0 Å². The average Bonchev–Trinajstić information content (AvgIpc) is 3.07. The maximum Gasteiger partial charge on any atom is 0.237 e. The van der Waals surface area contributed by atoms with E-state index in [2.05, 4.69) is 22.1 Å². The number of rotatable bonds is 7. The van der Waals surface area contributed by atoms with Crippen LogP contribution in [0.15, 0.2) is 60.3 Å². The third-order valence-electron chi connectivity index (χ3n) is 4.57. The van der Waals surface area contributed by atoms with Gasteiger partial charge in [-0.25, -0.2) is 4.39 Å². The molecule has 1 N–H and O–H groups in total. The van der Waals surface area contributed by atoms with Crippen LogP contribution in [0.3, 0.4) is 0 Å². The summed E-state index contributed by atoms with van der Waals surface area (Å²) in [5.74, 6) is -0.103. The fourth-order valence-electron chi connectivity index (χ4n) is 2.79. The molecule has 0 aliphatic carbocycles. The summed E-state index contributed by atoms with van der Waals surface area (Å²) in [6, 6.07) is 12.2. The Hall–Kier alpha value is -2.93. The number of aromatic nitrogens is 3. The Balaban J connectivity index is 1.80. The van der Waals surface area contributed by atoms with Crippen molar-refractivity contribution >= 4 is 23.4 Å². The standard InChI is InChI=1S/C22H23FN4OS/c1-5-12-27-20(18-8-6-7-9-19(18)23)25-26-22(27)29-16(4)21(28)24-17-11-10-14(2)15(3)13-17/h5-11,13,16H,1,12H2,2-4H3,(H,24,28). The van der Waals surface area contributed by atoms with Crippen LogP contribution in [0.2, 0.25) is 0 Å². The highest BCUT2D eigenvalue weighted by molar-refractivity contribution is 8.00. The first-order valence-electron chi connectivity index (χ1n) is 9.24. The number of hydrogen-bond acceptors (Lipinski definition) is 4. The van der Waals surface area contributed by atoms with Crippen molar-refractivity contribution in [3.05, 3.63) is 72.1 Å². The van der Waals surface area contributed by atoms with Crippen LogP contribution in [0.5, 0.6) is 0 Å². The number of halogens is 1. The highest BCUT2D eigenvalue weighted by Gasteiger charge is 2.21. The number of amides is 1. The Morgan fingerprint density at radius 2 is 2.00 bits per heavy atom. The van der Waals surface area contributed by atoms with Crippen molar-refractivity contribution in [1.82, 2.24) is 14.8 Å². The van der Waals surface area contributed by atoms with E-state index in [0.717, 1.165) is 11.3 Å². The Labute approximate surface area is 174 Å². The van der Waals surface area contributed by atoms with Gasteiger partial charge in [0, 0.05) is 12.2 Å². The number of allylic oxidation sites excluding steroid dienone is 1. The highest BCUT2D eigenvalue weighted by Crippen LogP contribution is 2.28. The van der Waals surface area contributed by atoms with Crippen LogP contribution >= 0.6 is 11.8 Å². The van der Waals surface area contributed by atoms with Crippen molar-refractivity contribution < 1.29 is 9.18 Å². The van der Waals surface area contributed by atoms with Gasteiger partial charge in [-0.05, 0) is 56.2 Å². The molecule has 0 aliphatic heterocycles. The summed E-state index contributed by atoms with van der Waals surface area (Å²) in [4.78, 5) is 12.6. The minimum atomic E-state index is -0.419. The lowest BCUT2D eigenvalue weighted by atomic mass is 10.1. The lowest BCUT2D eigenvalue weighted by molar-refractivity contribution is -0.115. The quantitative estimate of drug-likeness (QED) is 0.440. The molecule has 7 heteroatoms. The number of nitrogens with one attached hydrogen (secondary N) is 1. The van der Waals surface area contributed by atoms with E-state index in [4.69, 9.17) is 0 Å². The molecule has 29 heavy (non-hydrogen) atoms. The minimum absolute atomic E-state index is 0.140. The lowest BCUT2D eigenvalue weighted by Gasteiger charge is -2.14. The van der Waals surface area contributed by atoms with Crippen LogP contribution in [-0.4, -0.2) is 25.9 Å². The summed E-state index contributed by atoms with van der Waals surface area (Å²) < 4.78 is 16.0. The molecule has 0 bridgehead atoms. The molecule has 0 radical (unpaired) electrons. The zero-order valence-corrected chi connectivity index (χ0v) is 17.5. The molecule has 150 valence electrons. The van der Waals surface area contributed by atoms with Crippen molar-refractivity contribution in [2.75, 3.05) is 5.32 Å². The van der Waals surface area contributed by atoms with Gasteiger partial charge in [-0.1, -0.05) is 36.0 Å². The molecule has 1 aromatic heterocycles. The number of anilines is 1. The molecule has 5 nitrogen and oxygen atoms in total. The fraction of sp³-hybridized carbons (Fsp3) is 0.227. The molecule has 2 aromatic carbocycles. The van der Waals surface area contributed by atoms with Gasteiger partial charge in [0.15, 0.2) is 11.0 Å². The number of carbonyl (C=O) groups is 1. The summed E-state index contributed by atoms with van der Waals surface area (Å²) in [5.41, 5.74) is 3.40. The molecular weight excluding hydrogens is 387 g/mol. The second-order valence-corrected chi connectivity index (χ2v) is 8.04. The Morgan fingerprint density at radius 1 is 1.24 bits per heavy atom. The Morgan fingerprint density at radius 3 is 2.69 bits per heavy atom. The predicted molar refractivity (Wildman–Crippen MR) is 115 cm³/mol. The number of hydrogen-bond donors (Lipinski definition) is 1. The van der Waals surface area contributed by atoms with Crippen molar-refractivity contribution in [1.29, 1.82) is 0 Å². The number of nitrogens with zero attached hydrogens (tertiary/aromatic N) is 3. The van der Waals surface area contributed by atoms with Crippen LogP contribution in [-0.2, 0) is 11.3 Å². The smallest absolute Gasteiger partial charge is 0.237 e. The topological polar surface area (TPSA) is 59.8 Å². The summed E-state index contributed by atoms with van der Waals surface area (Å²) in [6.07, 6.45) is 1.69. The molecular formula is C22H23FN4OS. The van der Waals surface area contributed by atoms with Crippen molar-refractivity contribution in [2.24, 2.45) is 0 Å². The van der Waals surface area contributed by atoms with Crippen LogP contribution in [0.4, 0.5) is 10.1 Å². The van der Waals surface area contributed by atoms with Gasteiger partial charge in [-0.2, -0.15) is 0 Å². The van der Waals surface area contributed by atoms with E-state index in [9.17, 15) is 9.18 Å². The van der Waals surface area contributed by atoms with E-state index in [1.165, 1.54) is 23.4 Å². The molecule has 1 amide bonds. The molecule has 0 saturated heterocycles. The van der Waals surface area contributed by atoms with Gasteiger partial charge in [-0.15, -0.1) is 16.8 Å². The lowest BCUT2D eigenvalue weighted by Crippen LogP contribution is -2.23. The van der Waals surface area contributed by atoms with Gasteiger partial charge in [0.2, 0.25) is 5.91 Å². The minimum Gasteiger partial charge on any atom is -0.325 e. The zero-order chi connectivity index (χ0) is 21.0. The monoisotopic (exact) mass is 410 g/mol. The van der Waals surface area contributed by atoms with E-state index in [1.54, 1.807) is 35.8 Å². The Kier molecular flexibility index (Phi) is 6.49. The van der Waals surface area contributed by atoms with Crippen LogP contribution in [0.25, 0.3) is 11.4 Å². The molecule has 0 aliphatic rings. The first kappa shape index (κ1) is 20.8. The number of benzene rings is 2. The average molecular weight is 411 g/mol. The largest absolute Gasteiger partial charge is 0.325 e. The fourth-order valence-corrected chi connectivity index (χ4v) is 3.64. The van der Waals surface area contributed by atoms with Gasteiger partial charge >= 0.3 is 0 Å². The summed E-state index contributed by atoms with van der Waals surface area (Å²) in [6.45, 7) is 10.0. The maximum absolute atomic E-state index is 14.2. The van der Waals surface area contributed by atoms with Gasteiger partial charge in [0.1, 0.15) is 5.82 Å². The molecule has 3 aromatic rings. The first-order chi connectivity index (χ1) is 13.9. The van der Waals surface area contributed by atoms with Crippen LogP contribution in [0.1, 0.15) is 18.1 Å². The normalized spacial score (nSPS) is 11.9. The third kappa shape index (κ3) is 4.74. The first-order valence-corrected chi connectivity index (χ1v) is 10.1. The molecule has 1 atom stereocenters. The second-order valence-electron chi connectivity index (χ2n) is 6.73. The SMILES string of the molecule is C=CCn1c(SC(C)C(=O)Nc2ccc(C)c(C)c2)nnc1-c1ccccc1F. The number of thioether (sulfide) groups is 1. The zero-order valence-electron chi connectivity index (χ0n) is 16.6. The van der Waals surface area contributed by atoms with Gasteiger partial charge in [-0.3, -0.25) is 9.36 Å². The van der Waals surface area contributed by atoms with E-state index in [0.29, 0.717) is 23.1 Å². The highest BCUT2D eigenvalue weighted by atomic mass is 32.2. The van der Waals surface area contributed by atoms with Crippen LogP contribution in [0, 0.1) is 19.7 Å². The predicted octanol–water partition coefficient (Wildman–Crippen LogP) is 5.01. The number of carbonyl (C=O) groups excluding carboxylic acids is 1. The summed E-state index contributed by atoms with van der Waals surface area (Å²) >= 11 is 1.27. The number of aryl methyl sites for hydroxylation is 2. The molecule has 0 spiro atoms. The second kappa shape index (κ2) is 9.05. The van der Waals surface area contributed by atoms with Crippen molar-refractivity contribution in [3.63, 3.8) is 0 Å². The summed E-state index contributed by atoms with van der Waals surface area (Å²) in [7, 11) is 0. The van der Waals surface area contributed by atoms with E-state index in [-0.39, 0.29) is 11.7 Å². The van der Waals surface area contributed by atoms with E-state index >= 15 is 0 Å². The van der Waals surface area contributed by atoms with Gasteiger partial charge in [0.05, 0.1) is 10.8 Å². The van der Waals surface area contributed by atoms with Crippen molar-refractivity contribution in [2.45, 2.75) is 37.7 Å². The molecule has 1 heterocycles. The van der Waals surface area contributed by atoms with Crippen LogP contribution < -0.4 is 5.32 Å². The maximum atomic E-state index is 14.2.